The Bertz CT molecular complexity index is 991. The van der Waals surface area contributed by atoms with Crippen LogP contribution in [-0.2, 0) is 0 Å². The summed E-state index contributed by atoms with van der Waals surface area (Å²) in [6, 6.07) is 18.7. The molecule has 0 spiro atoms. The summed E-state index contributed by atoms with van der Waals surface area (Å²) in [5.74, 6) is 0.708. The molecule has 4 rings (SSSR count). The van der Waals surface area contributed by atoms with Gasteiger partial charge in [-0.25, -0.2) is 9.97 Å². The lowest BCUT2D eigenvalue weighted by molar-refractivity contribution is 1.11. The molecule has 0 aliphatic carbocycles. The molecule has 0 radical (unpaired) electrons. The van der Waals surface area contributed by atoms with Crippen LogP contribution in [0.4, 0.5) is 0 Å². The second kappa shape index (κ2) is 6.42. The van der Waals surface area contributed by atoms with E-state index in [-0.39, 0.29) is 0 Å². The first-order chi connectivity index (χ1) is 11.8. The lowest BCUT2D eigenvalue weighted by Crippen LogP contribution is -1.90. The third-order valence-electron chi connectivity index (χ3n) is 3.88. The maximum atomic E-state index is 4.77. The molecular weight excluding hydrogens is 382 g/mol. The van der Waals surface area contributed by atoms with Crippen molar-refractivity contribution in [3.63, 3.8) is 0 Å². The fourth-order valence-corrected chi connectivity index (χ4v) is 3.39. The molecule has 3 nitrogen and oxygen atoms in total. The maximum absolute atomic E-state index is 4.77. The number of imidazole rings is 1. The van der Waals surface area contributed by atoms with E-state index in [4.69, 9.17) is 4.98 Å². The van der Waals surface area contributed by atoms with Crippen molar-refractivity contribution in [2.45, 2.75) is 4.90 Å². The highest BCUT2D eigenvalue weighted by molar-refractivity contribution is 9.10. The quantitative estimate of drug-likeness (QED) is 0.426. The van der Waals surface area contributed by atoms with Gasteiger partial charge in [-0.1, -0.05) is 40.2 Å². The number of benzene rings is 2. The number of fused-ring (bicyclic) bond motifs is 1. The summed E-state index contributed by atoms with van der Waals surface area (Å²) >= 11 is 5.24. The number of nitrogens with zero attached hydrogens (tertiary/aromatic N) is 3. The third-order valence-corrected chi connectivity index (χ3v) is 5.16. The second-order valence-electron chi connectivity index (χ2n) is 5.33. The molecule has 0 fully saturated rings. The zero-order valence-corrected chi connectivity index (χ0v) is 15.4. The monoisotopic (exact) mass is 395 g/mol. The fourth-order valence-electron chi connectivity index (χ4n) is 2.72. The Morgan fingerprint density at radius 3 is 2.38 bits per heavy atom. The molecule has 0 saturated carbocycles. The molecule has 0 aliphatic heterocycles. The van der Waals surface area contributed by atoms with Crippen LogP contribution in [0, 0.1) is 0 Å². The fraction of sp³-hybridized carbons (Fsp3) is 0.0526. The van der Waals surface area contributed by atoms with Crippen LogP contribution in [0.3, 0.4) is 0 Å². The normalized spacial score (nSPS) is 11.1. The summed E-state index contributed by atoms with van der Waals surface area (Å²) in [6.07, 6.45) is 5.86. The largest absolute Gasteiger partial charge is 0.283 e. The van der Waals surface area contributed by atoms with Gasteiger partial charge in [0.05, 0.1) is 11.4 Å². The van der Waals surface area contributed by atoms with E-state index in [9.17, 15) is 0 Å². The summed E-state index contributed by atoms with van der Waals surface area (Å²) in [4.78, 5) is 10.4. The van der Waals surface area contributed by atoms with Gasteiger partial charge >= 0.3 is 0 Å². The zero-order valence-electron chi connectivity index (χ0n) is 13.0. The Balaban J connectivity index is 1.97. The van der Waals surface area contributed by atoms with Crippen molar-refractivity contribution < 1.29 is 0 Å². The van der Waals surface area contributed by atoms with Gasteiger partial charge in [0.1, 0.15) is 0 Å². The molecule has 0 atom stereocenters. The van der Waals surface area contributed by atoms with Crippen molar-refractivity contribution in [2.75, 3.05) is 6.26 Å². The average Bonchev–Trinajstić information content (AvgIpc) is 3.02. The Hall–Kier alpha value is -2.11. The minimum Gasteiger partial charge on any atom is -0.283 e. The molecule has 0 N–H and O–H groups in total. The number of hydrogen-bond acceptors (Lipinski definition) is 3. The van der Waals surface area contributed by atoms with E-state index in [0.717, 1.165) is 27.0 Å². The minimum atomic E-state index is 0.708. The van der Waals surface area contributed by atoms with E-state index in [1.165, 1.54) is 4.90 Å². The number of hydrogen-bond donors (Lipinski definition) is 0. The lowest BCUT2D eigenvalue weighted by atomic mass is 10.1. The van der Waals surface area contributed by atoms with Gasteiger partial charge in [0.15, 0.2) is 0 Å². The van der Waals surface area contributed by atoms with E-state index in [1.54, 1.807) is 18.0 Å². The van der Waals surface area contributed by atoms with Crippen molar-refractivity contribution >= 4 is 33.5 Å². The number of aromatic nitrogens is 3. The first kappa shape index (κ1) is 15.4. The summed E-state index contributed by atoms with van der Waals surface area (Å²) < 4.78 is 3.10. The number of rotatable bonds is 3. The third kappa shape index (κ3) is 2.74. The highest BCUT2D eigenvalue weighted by Gasteiger charge is 2.16. The molecule has 2 aromatic heterocycles. The Morgan fingerprint density at radius 2 is 1.67 bits per heavy atom. The first-order valence-corrected chi connectivity index (χ1v) is 9.51. The summed E-state index contributed by atoms with van der Waals surface area (Å²) in [5, 5.41) is 0. The Morgan fingerprint density at radius 1 is 0.958 bits per heavy atom. The molecule has 0 unspecified atom stereocenters. The Kier molecular flexibility index (Phi) is 4.12. The molecule has 2 heterocycles. The minimum absolute atomic E-state index is 0.708. The summed E-state index contributed by atoms with van der Waals surface area (Å²) in [6.45, 7) is 0. The maximum Gasteiger partial charge on any atom is 0.234 e. The van der Waals surface area contributed by atoms with Crippen molar-refractivity contribution in [3.05, 3.63) is 71.5 Å². The predicted molar refractivity (Wildman–Crippen MR) is 103 cm³/mol. The van der Waals surface area contributed by atoms with Gasteiger partial charge in [-0.2, -0.15) is 0 Å². The van der Waals surface area contributed by atoms with Crippen molar-refractivity contribution in [1.29, 1.82) is 0 Å². The average molecular weight is 396 g/mol. The van der Waals surface area contributed by atoms with Crippen LogP contribution in [0.1, 0.15) is 0 Å². The highest BCUT2D eigenvalue weighted by Crippen LogP contribution is 2.33. The van der Waals surface area contributed by atoms with E-state index >= 15 is 0 Å². The topological polar surface area (TPSA) is 30.2 Å². The SMILES string of the molecule is CSc1ccc(-c2nc3ncccn3c2-c2ccc(Br)cc2)cc1. The van der Waals surface area contributed by atoms with E-state index in [1.807, 2.05) is 28.8 Å². The van der Waals surface area contributed by atoms with Gasteiger partial charge in [0.25, 0.3) is 0 Å². The highest BCUT2D eigenvalue weighted by atomic mass is 79.9. The smallest absolute Gasteiger partial charge is 0.234 e. The molecule has 118 valence electrons. The van der Waals surface area contributed by atoms with Gasteiger partial charge in [0, 0.05) is 32.9 Å². The molecule has 4 aromatic rings. The predicted octanol–water partition coefficient (Wildman–Crippen LogP) is 5.55. The summed E-state index contributed by atoms with van der Waals surface area (Å²) in [5.41, 5.74) is 4.21. The first-order valence-electron chi connectivity index (χ1n) is 7.50. The van der Waals surface area contributed by atoms with Crippen LogP contribution < -0.4 is 0 Å². The molecule has 5 heteroatoms. The molecule has 0 saturated heterocycles. The van der Waals surface area contributed by atoms with Gasteiger partial charge < -0.3 is 0 Å². The van der Waals surface area contributed by atoms with Crippen LogP contribution in [0.2, 0.25) is 0 Å². The van der Waals surface area contributed by atoms with Crippen LogP contribution in [0.25, 0.3) is 28.3 Å². The molecule has 2 aromatic carbocycles. The molecular formula is C19H14BrN3S. The van der Waals surface area contributed by atoms with Crippen molar-refractivity contribution in [1.82, 2.24) is 14.4 Å². The molecule has 0 aliphatic rings. The van der Waals surface area contributed by atoms with E-state index in [2.05, 4.69) is 63.6 Å². The Labute approximate surface area is 152 Å². The zero-order chi connectivity index (χ0) is 16.5. The van der Waals surface area contributed by atoms with Crippen LogP contribution in [0.15, 0.2) is 76.4 Å². The lowest BCUT2D eigenvalue weighted by Gasteiger charge is -2.06. The van der Waals surface area contributed by atoms with Crippen LogP contribution in [0.5, 0.6) is 0 Å². The van der Waals surface area contributed by atoms with Crippen molar-refractivity contribution in [3.8, 4) is 22.5 Å². The second-order valence-corrected chi connectivity index (χ2v) is 7.13. The summed E-state index contributed by atoms with van der Waals surface area (Å²) in [7, 11) is 0. The van der Waals surface area contributed by atoms with Crippen LogP contribution in [-0.4, -0.2) is 20.6 Å². The molecule has 24 heavy (non-hydrogen) atoms. The standard InChI is InChI=1S/C19H14BrN3S/c1-24-16-9-5-13(6-10-16)17-18(14-3-7-15(20)8-4-14)23-12-2-11-21-19(23)22-17/h2-12H,1H3. The van der Waals surface area contributed by atoms with Gasteiger partial charge in [0.2, 0.25) is 5.78 Å². The number of halogens is 1. The molecule has 0 amide bonds. The molecule has 0 bridgehead atoms. The van der Waals surface area contributed by atoms with E-state index in [0.29, 0.717) is 5.78 Å². The van der Waals surface area contributed by atoms with Crippen LogP contribution >= 0.6 is 27.7 Å². The van der Waals surface area contributed by atoms with Gasteiger partial charge in [-0.3, -0.25) is 4.40 Å². The van der Waals surface area contributed by atoms with Gasteiger partial charge in [-0.05, 0) is 36.6 Å². The number of thioether (sulfide) groups is 1. The van der Waals surface area contributed by atoms with Crippen molar-refractivity contribution in [2.24, 2.45) is 0 Å². The van der Waals surface area contributed by atoms with E-state index < -0.39 is 0 Å². The van der Waals surface area contributed by atoms with Gasteiger partial charge in [-0.15, -0.1) is 11.8 Å².